The molecular weight excluding hydrogens is 244 g/mol. The van der Waals surface area contributed by atoms with Crippen molar-refractivity contribution in [2.75, 3.05) is 5.73 Å². The van der Waals surface area contributed by atoms with Gasteiger partial charge in [-0.3, -0.25) is 0 Å². The highest BCUT2D eigenvalue weighted by Crippen LogP contribution is 2.25. The van der Waals surface area contributed by atoms with Gasteiger partial charge in [0.1, 0.15) is 5.75 Å². The summed E-state index contributed by atoms with van der Waals surface area (Å²) in [6.07, 6.45) is 1.48. The molecule has 0 fully saturated rings. The van der Waals surface area contributed by atoms with E-state index in [9.17, 15) is 5.11 Å². The van der Waals surface area contributed by atoms with E-state index in [0.717, 1.165) is 15.6 Å². The molecule has 0 unspecified atom stereocenters. The van der Waals surface area contributed by atoms with Gasteiger partial charge in [0.05, 0.1) is 6.21 Å². The van der Waals surface area contributed by atoms with Gasteiger partial charge in [-0.25, -0.2) is 0 Å². The van der Waals surface area contributed by atoms with Gasteiger partial charge in [-0.1, -0.05) is 40.2 Å². The Bertz CT molecular complexity index is 764. The molecule has 0 aliphatic heterocycles. The Morgan fingerprint density at radius 3 is 2.84 bits per heavy atom. The van der Waals surface area contributed by atoms with E-state index in [1.807, 2.05) is 30.3 Å². The third-order valence-electron chi connectivity index (χ3n) is 2.72. The summed E-state index contributed by atoms with van der Waals surface area (Å²) in [5.41, 5.74) is 6.10. The van der Waals surface area contributed by atoms with Crippen LogP contribution in [-0.2, 0) is 0 Å². The van der Waals surface area contributed by atoms with Crippen molar-refractivity contribution in [1.82, 2.24) is 20.3 Å². The number of phenolic OH excluding ortho intramolecular Hbond substituents is 1. The first kappa shape index (κ1) is 11.1. The molecule has 0 saturated carbocycles. The largest absolute Gasteiger partial charge is 0.507 e. The summed E-state index contributed by atoms with van der Waals surface area (Å²) in [6, 6.07) is 11.1. The molecule has 94 valence electrons. The Hall–Kier alpha value is -2.96. The molecular formula is C12H10N6O. The molecule has 0 spiro atoms. The summed E-state index contributed by atoms with van der Waals surface area (Å²) >= 11 is 0. The van der Waals surface area contributed by atoms with E-state index in [2.05, 4.69) is 20.6 Å². The molecule has 0 amide bonds. The fraction of sp³-hybridized carbons (Fsp3) is 0. The fourth-order valence-corrected chi connectivity index (χ4v) is 1.80. The van der Waals surface area contributed by atoms with Crippen LogP contribution in [0.25, 0.3) is 10.8 Å². The van der Waals surface area contributed by atoms with E-state index in [-0.39, 0.29) is 11.7 Å². The quantitative estimate of drug-likeness (QED) is 0.664. The zero-order chi connectivity index (χ0) is 13.2. The molecule has 7 nitrogen and oxygen atoms in total. The van der Waals surface area contributed by atoms with E-state index in [1.165, 1.54) is 6.21 Å². The SMILES string of the molecule is Nc1nnnn1/N=C\c1c(O)ccc2ccccc12. The molecule has 3 rings (SSSR count). The predicted octanol–water partition coefficient (Wildman–Crippen LogP) is 0.996. The van der Waals surface area contributed by atoms with Crippen molar-refractivity contribution in [1.29, 1.82) is 0 Å². The maximum atomic E-state index is 9.92. The van der Waals surface area contributed by atoms with Gasteiger partial charge in [-0.05, 0) is 27.3 Å². The number of tetrazole rings is 1. The van der Waals surface area contributed by atoms with Crippen LogP contribution in [-0.4, -0.2) is 31.6 Å². The zero-order valence-electron chi connectivity index (χ0n) is 9.80. The fourth-order valence-electron chi connectivity index (χ4n) is 1.80. The van der Waals surface area contributed by atoms with Crippen molar-refractivity contribution in [3.63, 3.8) is 0 Å². The number of nitrogens with zero attached hydrogens (tertiary/aromatic N) is 5. The number of phenols is 1. The topological polar surface area (TPSA) is 102 Å². The first-order valence-electron chi connectivity index (χ1n) is 5.54. The van der Waals surface area contributed by atoms with Gasteiger partial charge < -0.3 is 10.8 Å². The minimum atomic E-state index is 0.0796. The summed E-state index contributed by atoms with van der Waals surface area (Å²) in [5, 5.41) is 26.3. The number of fused-ring (bicyclic) bond motifs is 1. The van der Waals surface area contributed by atoms with E-state index in [0.29, 0.717) is 5.56 Å². The van der Waals surface area contributed by atoms with E-state index < -0.39 is 0 Å². The number of hydrogen-bond donors (Lipinski definition) is 2. The maximum Gasteiger partial charge on any atom is 0.263 e. The Morgan fingerprint density at radius 2 is 2.05 bits per heavy atom. The number of aromatic nitrogens is 4. The summed E-state index contributed by atoms with van der Waals surface area (Å²) < 4.78 is 0. The van der Waals surface area contributed by atoms with Gasteiger partial charge in [0.25, 0.3) is 5.95 Å². The molecule has 19 heavy (non-hydrogen) atoms. The Balaban J connectivity index is 2.12. The van der Waals surface area contributed by atoms with Crippen molar-refractivity contribution in [3.05, 3.63) is 42.0 Å². The number of rotatable bonds is 2. The van der Waals surface area contributed by atoms with Crippen molar-refractivity contribution >= 4 is 22.9 Å². The maximum absolute atomic E-state index is 9.92. The molecule has 0 saturated heterocycles. The zero-order valence-corrected chi connectivity index (χ0v) is 9.80. The second kappa shape index (κ2) is 4.37. The first-order valence-corrected chi connectivity index (χ1v) is 5.54. The number of nitrogen functional groups attached to an aromatic ring is 1. The lowest BCUT2D eigenvalue weighted by Gasteiger charge is -2.04. The lowest BCUT2D eigenvalue weighted by molar-refractivity contribution is 0.475. The third kappa shape index (κ3) is 1.97. The number of nitrogens with two attached hydrogens (primary N) is 1. The molecule has 1 heterocycles. The monoisotopic (exact) mass is 254 g/mol. The molecule has 0 bridgehead atoms. The Kier molecular flexibility index (Phi) is 2.57. The molecule has 0 aliphatic carbocycles. The molecule has 3 aromatic rings. The Morgan fingerprint density at radius 1 is 1.21 bits per heavy atom. The van der Waals surface area contributed by atoms with Crippen LogP contribution in [0.1, 0.15) is 5.56 Å². The lowest BCUT2D eigenvalue weighted by atomic mass is 10.0. The minimum Gasteiger partial charge on any atom is -0.507 e. The summed E-state index contributed by atoms with van der Waals surface area (Å²) in [5.74, 6) is 0.213. The summed E-state index contributed by atoms with van der Waals surface area (Å²) in [7, 11) is 0. The molecule has 7 heteroatoms. The number of anilines is 1. The molecule has 2 aromatic carbocycles. The van der Waals surface area contributed by atoms with Gasteiger partial charge >= 0.3 is 0 Å². The highest BCUT2D eigenvalue weighted by atomic mass is 16.3. The number of benzene rings is 2. The molecule has 0 atom stereocenters. The average molecular weight is 254 g/mol. The molecule has 1 aromatic heterocycles. The average Bonchev–Trinajstić information content (AvgIpc) is 2.83. The smallest absolute Gasteiger partial charge is 0.263 e. The number of hydrogen-bond acceptors (Lipinski definition) is 6. The first-order chi connectivity index (χ1) is 9.25. The van der Waals surface area contributed by atoms with Gasteiger partial charge in [-0.15, -0.1) is 0 Å². The van der Waals surface area contributed by atoms with Crippen molar-refractivity contribution in [3.8, 4) is 5.75 Å². The minimum absolute atomic E-state index is 0.0796. The van der Waals surface area contributed by atoms with E-state index in [1.54, 1.807) is 6.07 Å². The van der Waals surface area contributed by atoms with Crippen LogP contribution in [0.3, 0.4) is 0 Å². The van der Waals surface area contributed by atoms with Crippen molar-refractivity contribution in [2.24, 2.45) is 5.10 Å². The van der Waals surface area contributed by atoms with E-state index in [4.69, 9.17) is 5.73 Å². The standard InChI is InChI=1S/C12H10N6O/c13-12-15-16-17-18(12)14-7-10-9-4-2-1-3-8(9)5-6-11(10)19/h1-7,19H,(H2,13,15,17)/b14-7-. The highest BCUT2D eigenvalue weighted by Gasteiger charge is 2.05. The van der Waals surface area contributed by atoms with Gasteiger partial charge in [-0.2, -0.15) is 5.10 Å². The molecule has 0 radical (unpaired) electrons. The normalized spacial score (nSPS) is 11.4. The van der Waals surface area contributed by atoms with Gasteiger partial charge in [0.2, 0.25) is 0 Å². The lowest BCUT2D eigenvalue weighted by Crippen LogP contribution is -2.00. The number of aromatic hydroxyl groups is 1. The van der Waals surface area contributed by atoms with Crippen LogP contribution >= 0.6 is 0 Å². The predicted molar refractivity (Wildman–Crippen MR) is 70.8 cm³/mol. The van der Waals surface area contributed by atoms with Crippen LogP contribution in [0.5, 0.6) is 5.75 Å². The van der Waals surface area contributed by atoms with Crippen LogP contribution in [0.15, 0.2) is 41.5 Å². The molecule has 3 N–H and O–H groups in total. The van der Waals surface area contributed by atoms with Crippen LogP contribution in [0.4, 0.5) is 5.95 Å². The Labute approximate surface area is 108 Å². The van der Waals surface area contributed by atoms with Crippen LogP contribution in [0, 0.1) is 0 Å². The molecule has 0 aliphatic rings. The van der Waals surface area contributed by atoms with E-state index >= 15 is 0 Å². The van der Waals surface area contributed by atoms with Crippen molar-refractivity contribution in [2.45, 2.75) is 0 Å². The summed E-state index contributed by atoms with van der Waals surface area (Å²) in [4.78, 5) is 1.08. The third-order valence-corrected chi connectivity index (χ3v) is 2.72. The van der Waals surface area contributed by atoms with Gasteiger partial charge in [0, 0.05) is 5.56 Å². The van der Waals surface area contributed by atoms with Crippen molar-refractivity contribution < 1.29 is 5.11 Å². The van der Waals surface area contributed by atoms with Crippen LogP contribution in [0.2, 0.25) is 0 Å². The summed E-state index contributed by atoms with van der Waals surface area (Å²) in [6.45, 7) is 0. The second-order valence-corrected chi connectivity index (χ2v) is 3.89. The van der Waals surface area contributed by atoms with Crippen LogP contribution < -0.4 is 5.73 Å². The highest BCUT2D eigenvalue weighted by molar-refractivity contribution is 6.02. The van der Waals surface area contributed by atoms with Gasteiger partial charge in [0.15, 0.2) is 0 Å². The second-order valence-electron chi connectivity index (χ2n) is 3.89.